The van der Waals surface area contributed by atoms with Gasteiger partial charge >= 0.3 is 0 Å². The van der Waals surface area contributed by atoms with Gasteiger partial charge in [-0.15, -0.1) is 0 Å². The summed E-state index contributed by atoms with van der Waals surface area (Å²) >= 11 is 0. The molecule has 2 nitrogen and oxygen atoms in total. The van der Waals surface area contributed by atoms with Gasteiger partial charge < -0.3 is 5.32 Å². The standard InChI is InChI=1S/C12H23NO/c1-10(2)9-12(14)7-6-11-5-3-4-8-13-11/h10-11,13H,3-9H2,1-2H3. The van der Waals surface area contributed by atoms with E-state index in [4.69, 9.17) is 0 Å². The number of nitrogens with one attached hydrogen (secondary N) is 1. The van der Waals surface area contributed by atoms with Crippen LogP contribution in [0.1, 0.15) is 52.4 Å². The highest BCUT2D eigenvalue weighted by atomic mass is 16.1. The molecule has 1 N–H and O–H groups in total. The maximum absolute atomic E-state index is 11.5. The molecule has 1 atom stereocenters. The summed E-state index contributed by atoms with van der Waals surface area (Å²) in [5.41, 5.74) is 0. The molecule has 1 saturated heterocycles. The molecule has 0 aromatic rings. The Balaban J connectivity index is 2.09. The van der Waals surface area contributed by atoms with E-state index in [1.54, 1.807) is 0 Å². The van der Waals surface area contributed by atoms with Crippen LogP contribution in [0.25, 0.3) is 0 Å². The van der Waals surface area contributed by atoms with Crippen LogP contribution >= 0.6 is 0 Å². The molecule has 0 aliphatic carbocycles. The van der Waals surface area contributed by atoms with Gasteiger partial charge in [0.2, 0.25) is 0 Å². The number of carbonyl (C=O) groups excluding carboxylic acids is 1. The molecule has 1 rings (SSSR count). The van der Waals surface area contributed by atoms with E-state index >= 15 is 0 Å². The molecule has 0 radical (unpaired) electrons. The summed E-state index contributed by atoms with van der Waals surface area (Å²) in [6.07, 6.45) is 6.47. The number of Topliss-reactive ketones (excluding diaryl/α,β-unsaturated/α-hetero) is 1. The van der Waals surface area contributed by atoms with E-state index in [9.17, 15) is 4.79 Å². The average molecular weight is 197 g/mol. The first-order valence-electron chi connectivity index (χ1n) is 5.93. The van der Waals surface area contributed by atoms with Crippen LogP contribution in [0, 0.1) is 5.92 Å². The quantitative estimate of drug-likeness (QED) is 0.733. The first-order valence-corrected chi connectivity index (χ1v) is 5.93. The van der Waals surface area contributed by atoms with Crippen molar-refractivity contribution in [1.82, 2.24) is 5.32 Å². The highest BCUT2D eigenvalue weighted by Crippen LogP contribution is 2.13. The minimum absolute atomic E-state index is 0.437. The van der Waals surface area contributed by atoms with E-state index in [0.717, 1.165) is 25.8 Å². The fourth-order valence-electron chi connectivity index (χ4n) is 2.06. The smallest absolute Gasteiger partial charge is 0.133 e. The number of carbonyl (C=O) groups is 1. The Morgan fingerprint density at radius 3 is 2.79 bits per heavy atom. The van der Waals surface area contributed by atoms with E-state index in [0.29, 0.717) is 17.7 Å². The molecule has 1 fully saturated rings. The van der Waals surface area contributed by atoms with Crippen molar-refractivity contribution in [2.24, 2.45) is 5.92 Å². The third-order valence-electron chi connectivity index (χ3n) is 2.82. The predicted octanol–water partition coefficient (Wildman–Crippen LogP) is 2.52. The average Bonchev–Trinajstić information content (AvgIpc) is 2.15. The van der Waals surface area contributed by atoms with E-state index < -0.39 is 0 Å². The van der Waals surface area contributed by atoms with Crippen LogP contribution in [0.5, 0.6) is 0 Å². The summed E-state index contributed by atoms with van der Waals surface area (Å²) in [7, 11) is 0. The fraction of sp³-hybridized carbons (Fsp3) is 0.917. The van der Waals surface area contributed by atoms with E-state index in [1.807, 2.05) is 0 Å². The third kappa shape index (κ3) is 4.75. The van der Waals surface area contributed by atoms with Crippen molar-refractivity contribution >= 4 is 5.78 Å². The van der Waals surface area contributed by atoms with Crippen LogP contribution in [0.3, 0.4) is 0 Å². The highest BCUT2D eigenvalue weighted by Gasteiger charge is 2.14. The molecule has 1 aliphatic rings. The van der Waals surface area contributed by atoms with Crippen molar-refractivity contribution in [2.45, 2.75) is 58.4 Å². The summed E-state index contributed by atoms with van der Waals surface area (Å²) in [6, 6.07) is 0.611. The number of hydrogen-bond acceptors (Lipinski definition) is 2. The van der Waals surface area contributed by atoms with Gasteiger partial charge in [0.15, 0.2) is 0 Å². The predicted molar refractivity (Wildman–Crippen MR) is 59.3 cm³/mol. The zero-order valence-corrected chi connectivity index (χ0v) is 9.51. The van der Waals surface area contributed by atoms with Crippen LogP contribution in [0.15, 0.2) is 0 Å². The van der Waals surface area contributed by atoms with Crippen LogP contribution < -0.4 is 5.32 Å². The second-order valence-corrected chi connectivity index (χ2v) is 4.82. The Labute approximate surface area is 87.5 Å². The molecule has 2 heteroatoms. The third-order valence-corrected chi connectivity index (χ3v) is 2.82. The maximum Gasteiger partial charge on any atom is 0.133 e. The Morgan fingerprint density at radius 1 is 1.43 bits per heavy atom. The molecule has 0 saturated carbocycles. The summed E-state index contributed by atoms with van der Waals surface area (Å²) in [5.74, 6) is 0.953. The Bertz CT molecular complexity index is 171. The summed E-state index contributed by atoms with van der Waals surface area (Å²) in [5, 5.41) is 3.48. The van der Waals surface area contributed by atoms with Crippen molar-refractivity contribution in [2.75, 3.05) is 6.54 Å². The Hall–Kier alpha value is -0.370. The molecular weight excluding hydrogens is 174 g/mol. The van der Waals surface area contributed by atoms with Gasteiger partial charge in [-0.1, -0.05) is 20.3 Å². The lowest BCUT2D eigenvalue weighted by molar-refractivity contribution is -0.120. The molecule has 1 heterocycles. The van der Waals surface area contributed by atoms with Crippen LogP contribution in [-0.4, -0.2) is 18.4 Å². The van der Waals surface area contributed by atoms with Crippen molar-refractivity contribution in [3.8, 4) is 0 Å². The molecule has 82 valence electrons. The fourth-order valence-corrected chi connectivity index (χ4v) is 2.06. The molecule has 14 heavy (non-hydrogen) atoms. The minimum Gasteiger partial charge on any atom is -0.314 e. The number of ketones is 1. The van der Waals surface area contributed by atoms with E-state index in [-0.39, 0.29) is 0 Å². The lowest BCUT2D eigenvalue weighted by Gasteiger charge is -2.23. The summed E-state index contributed by atoms with van der Waals surface area (Å²) in [6.45, 7) is 5.36. The SMILES string of the molecule is CC(C)CC(=O)CCC1CCCCN1. The number of hydrogen-bond donors (Lipinski definition) is 1. The molecule has 0 bridgehead atoms. The molecule has 0 aromatic carbocycles. The lowest BCUT2D eigenvalue weighted by Crippen LogP contribution is -2.34. The zero-order valence-electron chi connectivity index (χ0n) is 9.51. The van der Waals surface area contributed by atoms with Gasteiger partial charge in [-0.25, -0.2) is 0 Å². The van der Waals surface area contributed by atoms with Crippen LogP contribution in [0.4, 0.5) is 0 Å². The second kappa shape index (κ2) is 6.18. The molecule has 0 spiro atoms. The number of piperidine rings is 1. The van der Waals surface area contributed by atoms with Gasteiger partial charge in [0.25, 0.3) is 0 Å². The van der Waals surface area contributed by atoms with Crippen molar-refractivity contribution < 1.29 is 4.79 Å². The molecule has 0 aromatic heterocycles. The van der Waals surface area contributed by atoms with Gasteiger partial charge in [-0.05, 0) is 31.7 Å². The van der Waals surface area contributed by atoms with E-state index in [1.165, 1.54) is 19.3 Å². The molecule has 0 amide bonds. The van der Waals surface area contributed by atoms with Gasteiger partial charge in [0, 0.05) is 18.9 Å². The highest BCUT2D eigenvalue weighted by molar-refractivity contribution is 5.78. The lowest BCUT2D eigenvalue weighted by atomic mass is 9.97. The molecule has 1 unspecified atom stereocenters. The topological polar surface area (TPSA) is 29.1 Å². The van der Waals surface area contributed by atoms with Crippen LogP contribution in [0.2, 0.25) is 0 Å². The van der Waals surface area contributed by atoms with Crippen molar-refractivity contribution in [3.63, 3.8) is 0 Å². The summed E-state index contributed by atoms with van der Waals surface area (Å²) in [4.78, 5) is 11.5. The largest absolute Gasteiger partial charge is 0.314 e. The molecule has 1 aliphatic heterocycles. The van der Waals surface area contributed by atoms with Gasteiger partial charge in [0.1, 0.15) is 5.78 Å². The zero-order chi connectivity index (χ0) is 10.4. The first kappa shape index (κ1) is 11.7. The normalized spacial score (nSPS) is 22.6. The van der Waals surface area contributed by atoms with Gasteiger partial charge in [-0.3, -0.25) is 4.79 Å². The van der Waals surface area contributed by atoms with E-state index in [2.05, 4.69) is 19.2 Å². The van der Waals surface area contributed by atoms with Gasteiger partial charge in [-0.2, -0.15) is 0 Å². The monoisotopic (exact) mass is 197 g/mol. The Morgan fingerprint density at radius 2 is 2.21 bits per heavy atom. The van der Waals surface area contributed by atoms with Crippen LogP contribution in [-0.2, 0) is 4.79 Å². The minimum atomic E-state index is 0.437. The molecular formula is C12H23NO. The second-order valence-electron chi connectivity index (χ2n) is 4.82. The first-order chi connectivity index (χ1) is 6.68. The maximum atomic E-state index is 11.5. The van der Waals surface area contributed by atoms with Crippen molar-refractivity contribution in [1.29, 1.82) is 0 Å². The Kier molecular flexibility index (Phi) is 5.16. The van der Waals surface area contributed by atoms with Gasteiger partial charge in [0.05, 0.1) is 0 Å². The summed E-state index contributed by atoms with van der Waals surface area (Å²) < 4.78 is 0. The van der Waals surface area contributed by atoms with Crippen molar-refractivity contribution in [3.05, 3.63) is 0 Å². The number of rotatable bonds is 5.